The van der Waals surface area contributed by atoms with Crippen LogP contribution in [0.1, 0.15) is 12.8 Å². The van der Waals surface area contributed by atoms with Gasteiger partial charge in [-0.1, -0.05) is 36.9 Å². The van der Waals surface area contributed by atoms with E-state index in [0.29, 0.717) is 12.8 Å². The summed E-state index contributed by atoms with van der Waals surface area (Å²) in [5.74, 6) is -3.16. The van der Waals surface area contributed by atoms with Crippen molar-refractivity contribution in [1.29, 1.82) is 0 Å². The molecule has 1 aromatic carbocycles. The van der Waals surface area contributed by atoms with Crippen molar-refractivity contribution in [1.82, 2.24) is 0 Å². The van der Waals surface area contributed by atoms with Crippen molar-refractivity contribution in [2.75, 3.05) is 6.61 Å². The van der Waals surface area contributed by atoms with Crippen LogP contribution in [0.25, 0.3) is 0 Å². The van der Waals surface area contributed by atoms with Crippen molar-refractivity contribution < 1.29 is 23.5 Å². The van der Waals surface area contributed by atoms with E-state index in [4.69, 9.17) is 9.47 Å². The van der Waals surface area contributed by atoms with Gasteiger partial charge in [0.25, 0.3) is 0 Å². The van der Waals surface area contributed by atoms with Crippen molar-refractivity contribution in [2.24, 2.45) is 11.8 Å². The summed E-state index contributed by atoms with van der Waals surface area (Å²) < 4.78 is 23.7. The van der Waals surface area contributed by atoms with Crippen molar-refractivity contribution in [3.05, 3.63) is 54.9 Å². The van der Waals surface area contributed by atoms with Crippen LogP contribution in [0.4, 0.5) is 4.39 Å². The van der Waals surface area contributed by atoms with Crippen LogP contribution < -0.4 is 4.74 Å². The quantitative estimate of drug-likeness (QED) is 0.476. The molecule has 1 aliphatic rings. The van der Waals surface area contributed by atoms with E-state index < -0.39 is 29.6 Å². The number of benzene rings is 1. The third-order valence-electron chi connectivity index (χ3n) is 3.43. The molecule has 1 aromatic rings. The zero-order valence-corrected chi connectivity index (χ0v) is 12.0. The second-order valence-corrected chi connectivity index (χ2v) is 4.93. The normalized spacial score (nSPS) is 20.2. The number of esters is 2. The zero-order valence-electron chi connectivity index (χ0n) is 12.0. The number of rotatable bonds is 5. The minimum atomic E-state index is -0.679. The van der Waals surface area contributed by atoms with E-state index >= 15 is 0 Å². The van der Waals surface area contributed by atoms with Gasteiger partial charge in [0, 0.05) is 0 Å². The van der Waals surface area contributed by atoms with Gasteiger partial charge in [0.2, 0.25) is 0 Å². The van der Waals surface area contributed by atoms with Gasteiger partial charge in [-0.05, 0) is 25.0 Å². The van der Waals surface area contributed by atoms with E-state index in [1.165, 1.54) is 24.3 Å². The number of hydrogen-bond donors (Lipinski definition) is 0. The van der Waals surface area contributed by atoms with Crippen LogP contribution >= 0.6 is 0 Å². The molecule has 116 valence electrons. The largest absolute Gasteiger partial charge is 0.461 e. The summed E-state index contributed by atoms with van der Waals surface area (Å²) in [5.41, 5.74) is 0. The van der Waals surface area contributed by atoms with Crippen molar-refractivity contribution >= 4 is 11.9 Å². The van der Waals surface area contributed by atoms with Gasteiger partial charge in [-0.2, -0.15) is 0 Å². The van der Waals surface area contributed by atoms with Crippen LogP contribution in [-0.4, -0.2) is 18.5 Å². The first kappa shape index (κ1) is 15.9. The first-order chi connectivity index (χ1) is 10.6. The second-order valence-electron chi connectivity index (χ2n) is 4.93. The highest BCUT2D eigenvalue weighted by atomic mass is 19.1. The maximum atomic E-state index is 13.5. The Bertz CT molecular complexity index is 594. The van der Waals surface area contributed by atoms with Gasteiger partial charge < -0.3 is 9.47 Å². The van der Waals surface area contributed by atoms with Crippen LogP contribution in [0.5, 0.6) is 5.75 Å². The highest BCUT2D eigenvalue weighted by Gasteiger charge is 2.36. The molecule has 0 aliphatic heterocycles. The van der Waals surface area contributed by atoms with Gasteiger partial charge >= 0.3 is 11.9 Å². The standard InChI is InChI=1S/C17H17FO4/c1-2-11-21-16(19)12-7-3-4-8-13(12)17(20)22-15-10-6-5-9-14(15)18/h2-6,9-10,12-13H,1,7-8,11H2. The molecular formula is C17H17FO4. The van der Waals surface area contributed by atoms with Crippen LogP contribution in [0, 0.1) is 17.7 Å². The molecule has 0 bridgehead atoms. The van der Waals surface area contributed by atoms with E-state index in [0.717, 1.165) is 0 Å². The molecule has 1 aliphatic carbocycles. The lowest BCUT2D eigenvalue weighted by atomic mass is 9.83. The minimum absolute atomic E-state index is 0.0914. The maximum absolute atomic E-state index is 13.5. The highest BCUT2D eigenvalue weighted by molar-refractivity contribution is 5.84. The average Bonchev–Trinajstić information content (AvgIpc) is 2.54. The number of halogens is 1. The van der Waals surface area contributed by atoms with Gasteiger partial charge in [-0.3, -0.25) is 9.59 Å². The first-order valence-corrected chi connectivity index (χ1v) is 7.02. The second kappa shape index (κ2) is 7.54. The Morgan fingerprint density at radius 3 is 2.45 bits per heavy atom. The molecule has 2 atom stereocenters. The lowest BCUT2D eigenvalue weighted by Crippen LogP contribution is -2.35. The Labute approximate surface area is 128 Å². The SMILES string of the molecule is C=CCOC(=O)C1CC=CCC1C(=O)Oc1ccccc1F. The Morgan fingerprint density at radius 2 is 1.82 bits per heavy atom. The Kier molecular flexibility index (Phi) is 5.47. The summed E-state index contributed by atoms with van der Waals surface area (Å²) >= 11 is 0. The lowest BCUT2D eigenvalue weighted by molar-refractivity contribution is -0.156. The maximum Gasteiger partial charge on any atom is 0.315 e. The van der Waals surface area contributed by atoms with Gasteiger partial charge in [0.1, 0.15) is 6.61 Å². The van der Waals surface area contributed by atoms with Crippen molar-refractivity contribution in [3.63, 3.8) is 0 Å². The van der Waals surface area contributed by atoms with E-state index in [9.17, 15) is 14.0 Å². The molecule has 0 spiro atoms. The number of para-hydroxylation sites is 1. The summed E-state index contributed by atoms with van der Waals surface area (Å²) in [4.78, 5) is 24.3. The van der Waals surface area contributed by atoms with Crippen LogP contribution in [0.15, 0.2) is 49.1 Å². The Morgan fingerprint density at radius 1 is 1.18 bits per heavy atom. The molecule has 2 unspecified atom stereocenters. The van der Waals surface area contributed by atoms with Crippen molar-refractivity contribution in [3.8, 4) is 5.75 Å². The fourth-order valence-electron chi connectivity index (χ4n) is 2.29. The van der Waals surface area contributed by atoms with E-state index in [-0.39, 0.29) is 12.4 Å². The molecule has 0 radical (unpaired) electrons. The molecule has 4 nitrogen and oxygen atoms in total. The predicted octanol–water partition coefficient (Wildman–Crippen LogP) is 3.04. The molecule has 0 fully saturated rings. The van der Waals surface area contributed by atoms with E-state index in [2.05, 4.69) is 6.58 Å². The topological polar surface area (TPSA) is 52.6 Å². The fraction of sp³-hybridized carbons (Fsp3) is 0.294. The third kappa shape index (κ3) is 3.81. The number of ether oxygens (including phenoxy) is 2. The summed E-state index contributed by atoms with van der Waals surface area (Å²) in [7, 11) is 0. The van der Waals surface area contributed by atoms with E-state index in [1.54, 1.807) is 6.07 Å². The summed E-state index contributed by atoms with van der Waals surface area (Å²) in [5, 5.41) is 0. The smallest absolute Gasteiger partial charge is 0.315 e. The number of carbonyl (C=O) groups excluding carboxylic acids is 2. The van der Waals surface area contributed by atoms with Gasteiger partial charge in [-0.25, -0.2) is 4.39 Å². The van der Waals surface area contributed by atoms with E-state index in [1.807, 2.05) is 12.2 Å². The molecule has 2 rings (SSSR count). The molecule has 0 heterocycles. The molecule has 0 amide bonds. The first-order valence-electron chi connectivity index (χ1n) is 7.02. The van der Waals surface area contributed by atoms with Crippen LogP contribution in [-0.2, 0) is 14.3 Å². The summed E-state index contributed by atoms with van der Waals surface area (Å²) in [6.45, 7) is 3.56. The molecule has 5 heteroatoms. The summed E-state index contributed by atoms with van der Waals surface area (Å²) in [6, 6.07) is 5.66. The molecular weight excluding hydrogens is 287 g/mol. The minimum Gasteiger partial charge on any atom is -0.461 e. The zero-order chi connectivity index (χ0) is 15.9. The molecule has 22 heavy (non-hydrogen) atoms. The Balaban J connectivity index is 2.09. The summed E-state index contributed by atoms with van der Waals surface area (Å²) in [6.07, 6.45) is 5.86. The van der Waals surface area contributed by atoms with Crippen LogP contribution in [0.2, 0.25) is 0 Å². The van der Waals surface area contributed by atoms with Crippen LogP contribution in [0.3, 0.4) is 0 Å². The third-order valence-corrected chi connectivity index (χ3v) is 3.43. The molecule has 0 aromatic heterocycles. The van der Waals surface area contributed by atoms with Gasteiger partial charge in [0.15, 0.2) is 11.6 Å². The number of allylic oxidation sites excluding steroid dienone is 2. The number of carbonyl (C=O) groups is 2. The average molecular weight is 304 g/mol. The number of hydrogen-bond acceptors (Lipinski definition) is 4. The van der Waals surface area contributed by atoms with Gasteiger partial charge in [0.05, 0.1) is 11.8 Å². The monoisotopic (exact) mass is 304 g/mol. The van der Waals surface area contributed by atoms with Gasteiger partial charge in [-0.15, -0.1) is 0 Å². The lowest BCUT2D eigenvalue weighted by Gasteiger charge is -2.25. The fourth-order valence-corrected chi connectivity index (χ4v) is 2.29. The Hall–Kier alpha value is -2.43. The molecule has 0 saturated carbocycles. The van der Waals surface area contributed by atoms with Crippen molar-refractivity contribution in [2.45, 2.75) is 12.8 Å². The predicted molar refractivity (Wildman–Crippen MR) is 78.5 cm³/mol. The molecule has 0 N–H and O–H groups in total. The molecule has 0 saturated heterocycles. The highest BCUT2D eigenvalue weighted by Crippen LogP contribution is 2.29.